The summed E-state index contributed by atoms with van der Waals surface area (Å²) < 4.78 is 1.47. The van der Waals surface area contributed by atoms with Gasteiger partial charge in [-0.2, -0.15) is 0 Å². The number of rotatable bonds is 3. The summed E-state index contributed by atoms with van der Waals surface area (Å²) in [5.41, 5.74) is 0.677. The molecule has 6 heteroatoms. The quantitative estimate of drug-likeness (QED) is 0.871. The van der Waals surface area contributed by atoms with Crippen molar-refractivity contribution in [1.82, 2.24) is 25.3 Å². The van der Waals surface area contributed by atoms with Crippen molar-refractivity contribution >= 4 is 11.5 Å². The maximum Gasteiger partial charge on any atom is 0.200 e. The van der Waals surface area contributed by atoms with Gasteiger partial charge in [0.25, 0.3) is 0 Å². The number of nitrogens with one attached hydrogen (secondary N) is 1. The fourth-order valence-corrected chi connectivity index (χ4v) is 3.08. The minimum absolute atomic E-state index is 0.514. The lowest BCUT2D eigenvalue weighted by Crippen LogP contribution is -2.20. The SMILES string of the molecule is CC(C)C1CCCC(Nc2ccc3nnnn3n2)CC1. The zero-order valence-corrected chi connectivity index (χ0v) is 12.2. The number of nitrogens with zero attached hydrogens (tertiary/aromatic N) is 5. The Hall–Kier alpha value is -1.72. The number of anilines is 1. The number of hydrogen-bond acceptors (Lipinski definition) is 5. The fraction of sp³-hybridized carbons (Fsp3) is 0.714. The van der Waals surface area contributed by atoms with Crippen molar-refractivity contribution in [3.63, 3.8) is 0 Å². The Morgan fingerprint density at radius 3 is 2.95 bits per heavy atom. The Morgan fingerprint density at radius 1 is 1.20 bits per heavy atom. The first-order valence-electron chi connectivity index (χ1n) is 7.54. The average Bonchev–Trinajstić information content (AvgIpc) is 2.76. The largest absolute Gasteiger partial charge is 0.366 e. The zero-order chi connectivity index (χ0) is 13.9. The van der Waals surface area contributed by atoms with Crippen LogP contribution in [0.1, 0.15) is 46.0 Å². The van der Waals surface area contributed by atoms with Gasteiger partial charge in [-0.1, -0.05) is 26.7 Å². The van der Waals surface area contributed by atoms with Crippen LogP contribution in [0.5, 0.6) is 0 Å². The molecule has 1 saturated carbocycles. The van der Waals surface area contributed by atoms with E-state index >= 15 is 0 Å². The van der Waals surface area contributed by atoms with Crippen molar-refractivity contribution in [2.24, 2.45) is 11.8 Å². The third kappa shape index (κ3) is 2.89. The summed E-state index contributed by atoms with van der Waals surface area (Å²) in [4.78, 5) is 0. The molecule has 2 unspecified atom stereocenters. The number of hydrogen-bond donors (Lipinski definition) is 1. The van der Waals surface area contributed by atoms with Crippen LogP contribution in [0.25, 0.3) is 5.65 Å². The van der Waals surface area contributed by atoms with Gasteiger partial charge in [-0.05, 0) is 53.7 Å². The summed E-state index contributed by atoms with van der Waals surface area (Å²) in [6, 6.07) is 4.36. The van der Waals surface area contributed by atoms with Crippen molar-refractivity contribution in [3.05, 3.63) is 12.1 Å². The van der Waals surface area contributed by atoms with Crippen molar-refractivity contribution in [2.75, 3.05) is 5.32 Å². The Bertz CT molecular complexity index is 564. The lowest BCUT2D eigenvalue weighted by Gasteiger charge is -2.19. The first kappa shape index (κ1) is 13.3. The van der Waals surface area contributed by atoms with Crippen LogP contribution in [0, 0.1) is 11.8 Å². The van der Waals surface area contributed by atoms with Crippen LogP contribution in [0.4, 0.5) is 5.82 Å². The first-order chi connectivity index (χ1) is 9.72. The van der Waals surface area contributed by atoms with E-state index in [1.807, 2.05) is 12.1 Å². The molecule has 2 heterocycles. The minimum atomic E-state index is 0.514. The van der Waals surface area contributed by atoms with Gasteiger partial charge in [0.2, 0.25) is 0 Å². The van der Waals surface area contributed by atoms with Crippen LogP contribution in [0.2, 0.25) is 0 Å². The van der Waals surface area contributed by atoms with E-state index in [4.69, 9.17) is 0 Å². The van der Waals surface area contributed by atoms with Gasteiger partial charge in [-0.25, -0.2) is 0 Å². The van der Waals surface area contributed by atoms with Crippen molar-refractivity contribution in [2.45, 2.75) is 52.0 Å². The third-order valence-electron chi connectivity index (χ3n) is 4.38. The molecule has 0 bridgehead atoms. The summed E-state index contributed by atoms with van der Waals surface area (Å²) in [6.45, 7) is 4.68. The summed E-state index contributed by atoms with van der Waals surface area (Å²) in [7, 11) is 0. The monoisotopic (exact) mass is 274 g/mol. The van der Waals surface area contributed by atoms with Gasteiger partial charge in [0, 0.05) is 6.04 Å². The van der Waals surface area contributed by atoms with Crippen LogP contribution >= 0.6 is 0 Å². The topological polar surface area (TPSA) is 68.0 Å². The second kappa shape index (κ2) is 5.73. The Balaban J connectivity index is 1.65. The van der Waals surface area contributed by atoms with Gasteiger partial charge in [0.1, 0.15) is 5.82 Å². The van der Waals surface area contributed by atoms with Gasteiger partial charge in [-0.15, -0.1) is 14.8 Å². The van der Waals surface area contributed by atoms with E-state index in [2.05, 4.69) is 39.8 Å². The van der Waals surface area contributed by atoms with Gasteiger partial charge in [-0.3, -0.25) is 0 Å². The van der Waals surface area contributed by atoms with Crippen molar-refractivity contribution in [1.29, 1.82) is 0 Å². The van der Waals surface area contributed by atoms with E-state index in [0.29, 0.717) is 11.7 Å². The Morgan fingerprint density at radius 2 is 2.10 bits per heavy atom. The van der Waals surface area contributed by atoms with Gasteiger partial charge < -0.3 is 5.32 Å². The fourth-order valence-electron chi connectivity index (χ4n) is 3.08. The molecule has 2 atom stereocenters. The predicted molar refractivity (Wildman–Crippen MR) is 77.4 cm³/mol. The summed E-state index contributed by atoms with van der Waals surface area (Å²) in [5, 5.41) is 19.2. The molecule has 1 N–H and O–H groups in total. The lowest BCUT2D eigenvalue weighted by atomic mass is 9.89. The van der Waals surface area contributed by atoms with E-state index in [9.17, 15) is 0 Å². The highest BCUT2D eigenvalue weighted by atomic mass is 15.6. The second-order valence-electron chi connectivity index (χ2n) is 6.10. The van der Waals surface area contributed by atoms with E-state index < -0.39 is 0 Å². The molecule has 3 rings (SSSR count). The number of fused-ring (bicyclic) bond motifs is 1. The summed E-state index contributed by atoms with van der Waals surface area (Å²) in [6.07, 6.45) is 6.40. The molecule has 2 aromatic heterocycles. The van der Waals surface area contributed by atoms with E-state index in [1.54, 1.807) is 0 Å². The van der Waals surface area contributed by atoms with Gasteiger partial charge in [0.15, 0.2) is 5.65 Å². The molecule has 108 valence electrons. The highest BCUT2D eigenvalue weighted by Crippen LogP contribution is 2.29. The van der Waals surface area contributed by atoms with Crippen LogP contribution in [0.15, 0.2) is 12.1 Å². The smallest absolute Gasteiger partial charge is 0.200 e. The minimum Gasteiger partial charge on any atom is -0.366 e. The standard InChI is InChI=1S/C14H22N6/c1-10(2)11-4-3-5-12(7-6-11)15-13-8-9-14-16-18-19-20(14)17-13/h8-12H,3-7H2,1-2H3,(H,15,17). The molecule has 0 radical (unpaired) electrons. The van der Waals surface area contributed by atoms with Crippen LogP contribution in [0.3, 0.4) is 0 Å². The first-order valence-corrected chi connectivity index (χ1v) is 7.54. The molecule has 0 aromatic carbocycles. The van der Waals surface area contributed by atoms with Crippen LogP contribution < -0.4 is 5.32 Å². The molecule has 0 spiro atoms. The van der Waals surface area contributed by atoms with E-state index in [1.165, 1.54) is 36.7 Å². The normalized spacial score (nSPS) is 23.9. The predicted octanol–water partition coefficient (Wildman–Crippen LogP) is 2.54. The number of aromatic nitrogens is 5. The highest BCUT2D eigenvalue weighted by Gasteiger charge is 2.21. The molecule has 0 amide bonds. The molecule has 1 aliphatic carbocycles. The maximum atomic E-state index is 4.38. The zero-order valence-electron chi connectivity index (χ0n) is 12.2. The Labute approximate surface area is 118 Å². The average molecular weight is 274 g/mol. The van der Waals surface area contributed by atoms with Crippen molar-refractivity contribution < 1.29 is 0 Å². The van der Waals surface area contributed by atoms with Crippen molar-refractivity contribution in [3.8, 4) is 0 Å². The molecular formula is C14H22N6. The van der Waals surface area contributed by atoms with E-state index in [0.717, 1.165) is 17.7 Å². The third-order valence-corrected chi connectivity index (χ3v) is 4.38. The van der Waals surface area contributed by atoms with Gasteiger partial charge >= 0.3 is 0 Å². The second-order valence-corrected chi connectivity index (χ2v) is 6.10. The highest BCUT2D eigenvalue weighted by molar-refractivity contribution is 5.42. The molecule has 0 aliphatic heterocycles. The molecule has 0 saturated heterocycles. The van der Waals surface area contributed by atoms with Crippen LogP contribution in [-0.2, 0) is 0 Å². The molecule has 1 aliphatic rings. The van der Waals surface area contributed by atoms with Gasteiger partial charge in [0.05, 0.1) is 0 Å². The summed E-state index contributed by atoms with van der Waals surface area (Å²) >= 11 is 0. The molecule has 1 fully saturated rings. The summed E-state index contributed by atoms with van der Waals surface area (Å²) in [5.74, 6) is 2.53. The van der Waals surface area contributed by atoms with E-state index in [-0.39, 0.29) is 0 Å². The molecular weight excluding hydrogens is 252 g/mol. The molecule has 6 nitrogen and oxygen atoms in total. The Kier molecular flexibility index (Phi) is 3.80. The maximum absolute atomic E-state index is 4.38. The molecule has 20 heavy (non-hydrogen) atoms. The lowest BCUT2D eigenvalue weighted by molar-refractivity contribution is 0.341. The van der Waals surface area contributed by atoms with Crippen LogP contribution in [-0.4, -0.2) is 31.3 Å². The number of tetrazole rings is 1. The molecule has 2 aromatic rings.